The van der Waals surface area contributed by atoms with E-state index in [1.54, 1.807) is 6.26 Å². The van der Waals surface area contributed by atoms with Crippen LogP contribution in [0.25, 0.3) is 11.4 Å². The number of nitrogens with zero attached hydrogens (tertiary/aromatic N) is 4. The fourth-order valence-corrected chi connectivity index (χ4v) is 4.91. The lowest BCUT2D eigenvalue weighted by molar-refractivity contribution is -0.132. The lowest BCUT2D eigenvalue weighted by Crippen LogP contribution is -2.44. The molecule has 4 rings (SSSR count). The van der Waals surface area contributed by atoms with Crippen LogP contribution in [0.15, 0.2) is 52.2 Å². The summed E-state index contributed by atoms with van der Waals surface area (Å²) in [5.41, 5.74) is 2.09. The second-order valence-corrected chi connectivity index (χ2v) is 8.64. The van der Waals surface area contributed by atoms with Crippen molar-refractivity contribution < 1.29 is 9.21 Å². The Morgan fingerprint density at radius 3 is 2.77 bits per heavy atom. The Hall–Kier alpha value is -2.54. The van der Waals surface area contributed by atoms with Crippen LogP contribution in [0.4, 0.5) is 0 Å². The lowest BCUT2D eigenvalue weighted by Gasteiger charge is -2.35. The van der Waals surface area contributed by atoms with Crippen LogP contribution in [0.1, 0.15) is 43.9 Å². The van der Waals surface area contributed by atoms with Crippen LogP contribution < -0.4 is 0 Å². The molecular formula is C23H28N4O2S. The van der Waals surface area contributed by atoms with Crippen LogP contribution in [-0.4, -0.2) is 43.9 Å². The number of carbonyl (C=O) groups excluding carboxylic acids is 1. The van der Waals surface area contributed by atoms with E-state index in [1.165, 1.54) is 18.2 Å². The molecule has 1 aliphatic rings. The monoisotopic (exact) mass is 424 g/mol. The average molecular weight is 425 g/mol. The molecule has 0 N–H and O–H groups in total. The highest BCUT2D eigenvalue weighted by atomic mass is 32.2. The van der Waals surface area contributed by atoms with E-state index < -0.39 is 0 Å². The van der Waals surface area contributed by atoms with Crippen molar-refractivity contribution in [1.82, 2.24) is 19.7 Å². The average Bonchev–Trinajstić information content (AvgIpc) is 3.38. The van der Waals surface area contributed by atoms with Crippen LogP contribution in [0.2, 0.25) is 0 Å². The van der Waals surface area contributed by atoms with E-state index in [-0.39, 0.29) is 5.91 Å². The Morgan fingerprint density at radius 1 is 1.20 bits per heavy atom. The first-order chi connectivity index (χ1) is 14.7. The summed E-state index contributed by atoms with van der Waals surface area (Å²) in [6.45, 7) is 5.60. The summed E-state index contributed by atoms with van der Waals surface area (Å²) >= 11 is 1.47. The Bertz CT molecular complexity index is 982. The van der Waals surface area contributed by atoms with Gasteiger partial charge in [-0.05, 0) is 44.2 Å². The van der Waals surface area contributed by atoms with E-state index in [2.05, 4.69) is 38.7 Å². The van der Waals surface area contributed by atoms with E-state index in [1.807, 2.05) is 31.2 Å². The van der Waals surface area contributed by atoms with Gasteiger partial charge in [0, 0.05) is 12.6 Å². The molecule has 7 heteroatoms. The first-order valence-electron chi connectivity index (χ1n) is 10.6. The van der Waals surface area contributed by atoms with Crippen molar-refractivity contribution in [3.05, 3.63) is 54.0 Å². The SMILES string of the molecule is CCC1CCCCN1C(=O)CSc1nnc(-c2ccoc2C)n1Cc1ccccc1. The number of piperidine rings is 1. The number of carbonyl (C=O) groups is 1. The van der Waals surface area contributed by atoms with Crippen molar-refractivity contribution in [2.45, 2.75) is 57.3 Å². The first-order valence-corrected chi connectivity index (χ1v) is 11.6. The van der Waals surface area contributed by atoms with E-state index in [4.69, 9.17) is 4.42 Å². The molecule has 0 saturated carbocycles. The summed E-state index contributed by atoms with van der Waals surface area (Å²) in [5.74, 6) is 2.16. The van der Waals surface area contributed by atoms with Gasteiger partial charge in [0.15, 0.2) is 11.0 Å². The zero-order chi connectivity index (χ0) is 20.9. The van der Waals surface area contributed by atoms with Crippen LogP contribution >= 0.6 is 11.8 Å². The largest absolute Gasteiger partial charge is 0.469 e. The number of aromatic nitrogens is 3. The molecule has 3 heterocycles. The van der Waals surface area contributed by atoms with Gasteiger partial charge < -0.3 is 9.32 Å². The summed E-state index contributed by atoms with van der Waals surface area (Å²) in [7, 11) is 0. The van der Waals surface area contributed by atoms with E-state index in [0.717, 1.165) is 53.7 Å². The summed E-state index contributed by atoms with van der Waals surface area (Å²) in [6.07, 6.45) is 6.12. The highest BCUT2D eigenvalue weighted by molar-refractivity contribution is 7.99. The second-order valence-electron chi connectivity index (χ2n) is 7.70. The van der Waals surface area contributed by atoms with Gasteiger partial charge in [-0.1, -0.05) is 49.0 Å². The maximum atomic E-state index is 12.9. The molecule has 30 heavy (non-hydrogen) atoms. The third kappa shape index (κ3) is 4.46. The minimum absolute atomic E-state index is 0.196. The number of likely N-dealkylation sites (tertiary alicyclic amines) is 1. The van der Waals surface area contributed by atoms with Gasteiger partial charge in [-0.25, -0.2) is 0 Å². The van der Waals surface area contributed by atoms with Gasteiger partial charge in [-0.3, -0.25) is 9.36 Å². The first kappa shape index (κ1) is 20.7. The van der Waals surface area contributed by atoms with Crippen molar-refractivity contribution in [1.29, 1.82) is 0 Å². The number of benzene rings is 1. The van der Waals surface area contributed by atoms with E-state index >= 15 is 0 Å². The lowest BCUT2D eigenvalue weighted by atomic mass is 10.0. The Morgan fingerprint density at radius 2 is 2.03 bits per heavy atom. The summed E-state index contributed by atoms with van der Waals surface area (Å²) in [4.78, 5) is 15.0. The van der Waals surface area contributed by atoms with Crippen molar-refractivity contribution in [3.63, 3.8) is 0 Å². The predicted molar refractivity (Wildman–Crippen MR) is 118 cm³/mol. The molecule has 1 aromatic carbocycles. The zero-order valence-corrected chi connectivity index (χ0v) is 18.4. The zero-order valence-electron chi connectivity index (χ0n) is 17.6. The van der Waals surface area contributed by atoms with Crippen molar-refractivity contribution >= 4 is 17.7 Å². The summed E-state index contributed by atoms with van der Waals surface area (Å²) in [5, 5.41) is 9.63. The number of thioether (sulfide) groups is 1. The Labute approximate surface area is 181 Å². The van der Waals surface area contributed by atoms with Gasteiger partial charge in [0.25, 0.3) is 0 Å². The van der Waals surface area contributed by atoms with Crippen LogP contribution in [-0.2, 0) is 11.3 Å². The predicted octanol–water partition coefficient (Wildman–Crippen LogP) is 4.78. The molecule has 1 atom stereocenters. The van der Waals surface area contributed by atoms with Gasteiger partial charge in [-0.15, -0.1) is 10.2 Å². The van der Waals surface area contributed by atoms with Gasteiger partial charge in [-0.2, -0.15) is 0 Å². The van der Waals surface area contributed by atoms with Gasteiger partial charge in [0.05, 0.1) is 24.1 Å². The maximum absolute atomic E-state index is 12.9. The molecule has 1 aliphatic heterocycles. The number of hydrogen-bond acceptors (Lipinski definition) is 5. The Balaban J connectivity index is 1.56. The third-order valence-electron chi connectivity index (χ3n) is 5.74. The summed E-state index contributed by atoms with van der Waals surface area (Å²) < 4.78 is 7.57. The molecule has 2 aromatic heterocycles. The number of furan rings is 1. The number of amides is 1. The molecule has 0 radical (unpaired) electrons. The Kier molecular flexibility index (Phi) is 6.57. The van der Waals surface area contributed by atoms with Crippen LogP contribution in [0.3, 0.4) is 0 Å². The van der Waals surface area contributed by atoms with Crippen LogP contribution in [0.5, 0.6) is 0 Å². The molecule has 3 aromatic rings. The molecule has 1 saturated heterocycles. The number of aryl methyl sites for hydroxylation is 1. The molecular weight excluding hydrogens is 396 g/mol. The second kappa shape index (κ2) is 9.51. The number of hydrogen-bond donors (Lipinski definition) is 0. The van der Waals surface area contributed by atoms with Crippen molar-refractivity contribution in [2.75, 3.05) is 12.3 Å². The van der Waals surface area contributed by atoms with E-state index in [9.17, 15) is 4.79 Å². The smallest absolute Gasteiger partial charge is 0.233 e. The standard InChI is InChI=1S/C23H28N4O2S/c1-3-19-11-7-8-13-26(19)21(28)16-30-23-25-24-22(20-12-14-29-17(20)2)27(23)15-18-9-5-4-6-10-18/h4-6,9-10,12,14,19H,3,7-8,11,13,15-16H2,1-2H3. The fraction of sp³-hybridized carbons (Fsp3) is 0.435. The van der Waals surface area contributed by atoms with Crippen molar-refractivity contribution in [3.8, 4) is 11.4 Å². The highest BCUT2D eigenvalue weighted by Crippen LogP contribution is 2.29. The molecule has 1 amide bonds. The van der Waals surface area contributed by atoms with Gasteiger partial charge >= 0.3 is 0 Å². The third-order valence-corrected chi connectivity index (χ3v) is 6.70. The molecule has 6 nitrogen and oxygen atoms in total. The molecule has 1 fully saturated rings. The maximum Gasteiger partial charge on any atom is 0.233 e. The molecule has 158 valence electrons. The molecule has 0 spiro atoms. The van der Waals surface area contributed by atoms with Gasteiger partial charge in [0.1, 0.15) is 5.76 Å². The van der Waals surface area contributed by atoms with Crippen LogP contribution in [0, 0.1) is 6.92 Å². The molecule has 1 unspecified atom stereocenters. The van der Waals surface area contributed by atoms with Crippen molar-refractivity contribution in [2.24, 2.45) is 0 Å². The minimum atomic E-state index is 0.196. The van der Waals surface area contributed by atoms with E-state index in [0.29, 0.717) is 18.3 Å². The van der Waals surface area contributed by atoms with Gasteiger partial charge in [0.2, 0.25) is 5.91 Å². The summed E-state index contributed by atoms with van der Waals surface area (Å²) in [6, 6.07) is 12.5. The topological polar surface area (TPSA) is 64.2 Å². The molecule has 0 aliphatic carbocycles. The minimum Gasteiger partial charge on any atom is -0.469 e. The fourth-order valence-electron chi connectivity index (χ4n) is 4.08. The quantitative estimate of drug-likeness (QED) is 0.511. The highest BCUT2D eigenvalue weighted by Gasteiger charge is 2.26. The number of rotatable bonds is 7. The normalized spacial score (nSPS) is 16.7. The molecule has 0 bridgehead atoms.